The van der Waals surface area contributed by atoms with Crippen molar-refractivity contribution in [2.24, 2.45) is 0 Å². The third-order valence-corrected chi connectivity index (χ3v) is 4.00. The molecule has 0 atom stereocenters. The Morgan fingerprint density at radius 1 is 1.29 bits per heavy atom. The first-order chi connectivity index (χ1) is 8.08. The Kier molecular flexibility index (Phi) is 3.99. The molecule has 0 spiro atoms. The molecule has 0 saturated carbocycles. The second-order valence-electron chi connectivity index (χ2n) is 3.22. The summed E-state index contributed by atoms with van der Waals surface area (Å²) < 4.78 is 0. The molecule has 17 heavy (non-hydrogen) atoms. The second kappa shape index (κ2) is 5.31. The Labute approximate surface area is 118 Å². The number of rotatable bonds is 2. The van der Waals surface area contributed by atoms with E-state index in [9.17, 15) is 4.79 Å². The van der Waals surface area contributed by atoms with Crippen LogP contribution < -0.4 is 5.32 Å². The van der Waals surface area contributed by atoms with Gasteiger partial charge < -0.3 is 5.32 Å². The van der Waals surface area contributed by atoms with Gasteiger partial charge in [0.2, 0.25) is 0 Å². The van der Waals surface area contributed by atoms with Crippen LogP contribution in [0.1, 0.15) is 9.67 Å². The largest absolute Gasteiger partial charge is 0.319 e. The van der Waals surface area contributed by atoms with E-state index in [1.807, 2.05) is 0 Å². The number of thiol groups is 1. The zero-order valence-corrected chi connectivity index (χ0v) is 11.6. The number of thiophene rings is 1. The van der Waals surface area contributed by atoms with E-state index in [1.165, 1.54) is 11.3 Å². The summed E-state index contributed by atoms with van der Waals surface area (Å²) in [7, 11) is 0. The lowest BCUT2D eigenvalue weighted by atomic mass is 10.3. The molecule has 1 aromatic carbocycles. The van der Waals surface area contributed by atoms with E-state index in [4.69, 9.17) is 23.2 Å². The van der Waals surface area contributed by atoms with Crippen LogP contribution in [0.25, 0.3) is 0 Å². The lowest BCUT2D eigenvalue weighted by Crippen LogP contribution is -2.10. The van der Waals surface area contributed by atoms with Crippen LogP contribution in [0.5, 0.6) is 0 Å². The van der Waals surface area contributed by atoms with Gasteiger partial charge in [-0.05, 0) is 18.2 Å². The molecule has 1 amide bonds. The zero-order valence-electron chi connectivity index (χ0n) is 8.41. The molecule has 88 valence electrons. The molecule has 0 aliphatic carbocycles. The molecule has 0 radical (unpaired) electrons. The predicted octanol–water partition coefficient (Wildman–Crippen LogP) is 4.60. The fourth-order valence-electron chi connectivity index (χ4n) is 1.24. The van der Waals surface area contributed by atoms with Gasteiger partial charge in [-0.2, -0.15) is 0 Å². The first-order valence-corrected chi connectivity index (χ1v) is 6.69. The van der Waals surface area contributed by atoms with Crippen molar-refractivity contribution in [3.8, 4) is 0 Å². The number of para-hydroxylation sites is 1. The lowest BCUT2D eigenvalue weighted by Gasteiger charge is -2.07. The summed E-state index contributed by atoms with van der Waals surface area (Å²) in [5.74, 6) is -0.245. The molecule has 2 aromatic rings. The summed E-state index contributed by atoms with van der Waals surface area (Å²) in [4.78, 5) is 13.2. The second-order valence-corrected chi connectivity index (χ2v) is 5.46. The number of amides is 1. The summed E-state index contributed by atoms with van der Waals surface area (Å²) in [5, 5.41) is 5.29. The van der Waals surface area contributed by atoms with E-state index in [-0.39, 0.29) is 5.91 Å². The minimum atomic E-state index is -0.245. The molecular weight excluding hydrogens is 297 g/mol. The highest BCUT2D eigenvalue weighted by molar-refractivity contribution is 7.80. The van der Waals surface area contributed by atoms with Crippen molar-refractivity contribution >= 4 is 58.8 Å². The van der Waals surface area contributed by atoms with Crippen molar-refractivity contribution in [3.05, 3.63) is 44.6 Å². The Bertz CT molecular complexity index is 548. The van der Waals surface area contributed by atoms with E-state index in [1.54, 1.807) is 29.6 Å². The van der Waals surface area contributed by atoms with Gasteiger partial charge in [0.1, 0.15) is 0 Å². The smallest absolute Gasteiger partial charge is 0.265 e. The van der Waals surface area contributed by atoms with Crippen LogP contribution >= 0.6 is 47.2 Å². The predicted molar refractivity (Wildman–Crippen MR) is 76.0 cm³/mol. The summed E-state index contributed by atoms with van der Waals surface area (Å²) in [6, 6.07) is 6.74. The highest BCUT2D eigenvalue weighted by Gasteiger charge is 2.12. The van der Waals surface area contributed by atoms with Crippen molar-refractivity contribution in [2.45, 2.75) is 4.90 Å². The molecule has 6 heteroatoms. The highest BCUT2D eigenvalue weighted by Crippen LogP contribution is 2.30. The van der Waals surface area contributed by atoms with Gasteiger partial charge in [-0.25, -0.2) is 0 Å². The molecule has 0 saturated heterocycles. The number of carbonyl (C=O) groups excluding carboxylic acids is 1. The van der Waals surface area contributed by atoms with Crippen molar-refractivity contribution in [3.63, 3.8) is 0 Å². The monoisotopic (exact) mass is 303 g/mol. The number of carbonyl (C=O) groups is 1. The molecule has 0 aliphatic rings. The Hall–Kier alpha value is -0.680. The third-order valence-electron chi connectivity index (χ3n) is 2.01. The topological polar surface area (TPSA) is 29.1 Å². The summed E-state index contributed by atoms with van der Waals surface area (Å²) >= 11 is 17.4. The lowest BCUT2D eigenvalue weighted by molar-refractivity contribution is 0.103. The van der Waals surface area contributed by atoms with Crippen LogP contribution in [0.2, 0.25) is 10.0 Å². The van der Waals surface area contributed by atoms with Gasteiger partial charge in [-0.15, -0.1) is 24.0 Å². The number of nitrogens with one attached hydrogen (secondary N) is 1. The maximum absolute atomic E-state index is 11.9. The van der Waals surface area contributed by atoms with Crippen LogP contribution in [0, 0.1) is 0 Å². The standard InChI is InChI=1S/C11H7Cl2NOS2/c12-7-2-1-3-8(13)10(7)14-11(15)9-4-6(16)5-17-9/h1-5,16H,(H,14,15). The van der Waals surface area contributed by atoms with Gasteiger partial charge in [0.15, 0.2) is 0 Å². The number of hydrogen-bond donors (Lipinski definition) is 2. The molecule has 1 N–H and O–H groups in total. The quantitative estimate of drug-likeness (QED) is 0.780. The molecule has 0 aliphatic heterocycles. The number of anilines is 1. The molecule has 2 nitrogen and oxygen atoms in total. The number of hydrogen-bond acceptors (Lipinski definition) is 3. The van der Waals surface area contributed by atoms with Crippen LogP contribution in [-0.2, 0) is 0 Å². The van der Waals surface area contributed by atoms with Crippen molar-refractivity contribution in [1.82, 2.24) is 0 Å². The van der Waals surface area contributed by atoms with Crippen LogP contribution in [0.3, 0.4) is 0 Å². The average Bonchev–Trinajstić information content (AvgIpc) is 2.70. The Morgan fingerprint density at radius 2 is 1.94 bits per heavy atom. The summed E-state index contributed by atoms with van der Waals surface area (Å²) in [6.07, 6.45) is 0. The minimum absolute atomic E-state index is 0.245. The number of benzene rings is 1. The van der Waals surface area contributed by atoms with Crippen molar-refractivity contribution in [2.75, 3.05) is 5.32 Å². The minimum Gasteiger partial charge on any atom is -0.319 e. The molecule has 0 bridgehead atoms. The van der Waals surface area contributed by atoms with E-state index in [2.05, 4.69) is 17.9 Å². The maximum Gasteiger partial charge on any atom is 0.265 e. The van der Waals surface area contributed by atoms with Gasteiger partial charge >= 0.3 is 0 Å². The highest BCUT2D eigenvalue weighted by atomic mass is 35.5. The Morgan fingerprint density at radius 3 is 2.47 bits per heavy atom. The molecule has 1 heterocycles. The van der Waals surface area contributed by atoms with Crippen LogP contribution in [-0.4, -0.2) is 5.91 Å². The third kappa shape index (κ3) is 2.96. The first kappa shape index (κ1) is 12.8. The van der Waals surface area contributed by atoms with E-state index >= 15 is 0 Å². The van der Waals surface area contributed by atoms with Crippen LogP contribution in [0.15, 0.2) is 34.5 Å². The van der Waals surface area contributed by atoms with Gasteiger partial charge in [0, 0.05) is 10.3 Å². The fourth-order valence-corrected chi connectivity index (χ4v) is 2.77. The van der Waals surface area contributed by atoms with E-state index in [0.29, 0.717) is 20.6 Å². The van der Waals surface area contributed by atoms with E-state index < -0.39 is 0 Å². The maximum atomic E-state index is 11.9. The number of halogens is 2. The zero-order chi connectivity index (χ0) is 12.4. The summed E-state index contributed by atoms with van der Waals surface area (Å²) in [6.45, 7) is 0. The Balaban J connectivity index is 2.24. The molecule has 0 fully saturated rings. The SMILES string of the molecule is O=C(Nc1c(Cl)cccc1Cl)c1cc(S)cs1. The molecular formula is C11H7Cl2NOS2. The average molecular weight is 304 g/mol. The first-order valence-electron chi connectivity index (χ1n) is 4.61. The van der Waals surface area contributed by atoms with Gasteiger partial charge in [0.25, 0.3) is 5.91 Å². The summed E-state index contributed by atoms with van der Waals surface area (Å²) in [5.41, 5.74) is 0.426. The molecule has 2 rings (SSSR count). The molecule has 0 unspecified atom stereocenters. The van der Waals surface area contributed by atoms with Crippen molar-refractivity contribution in [1.29, 1.82) is 0 Å². The van der Waals surface area contributed by atoms with Gasteiger partial charge in [0.05, 0.1) is 20.6 Å². The molecule has 1 aromatic heterocycles. The van der Waals surface area contributed by atoms with Gasteiger partial charge in [-0.1, -0.05) is 29.3 Å². The van der Waals surface area contributed by atoms with Crippen LogP contribution in [0.4, 0.5) is 5.69 Å². The normalized spacial score (nSPS) is 10.3. The fraction of sp³-hybridized carbons (Fsp3) is 0. The van der Waals surface area contributed by atoms with E-state index in [0.717, 1.165) is 4.90 Å². The van der Waals surface area contributed by atoms with Gasteiger partial charge in [-0.3, -0.25) is 4.79 Å². The van der Waals surface area contributed by atoms with Crippen molar-refractivity contribution < 1.29 is 4.79 Å².